The highest BCUT2D eigenvalue weighted by Crippen LogP contribution is 2.40. The molecule has 2 aromatic rings. The van der Waals surface area contributed by atoms with Gasteiger partial charge in [0.1, 0.15) is 5.75 Å². The van der Waals surface area contributed by atoms with Crippen molar-refractivity contribution >= 4 is 13.5 Å². The van der Waals surface area contributed by atoms with Crippen LogP contribution < -0.4 is 9.61 Å². The minimum atomic E-state index is -2.37. The first kappa shape index (κ1) is 23.2. The summed E-state index contributed by atoms with van der Waals surface area (Å²) in [6, 6.07) is 21.7. The molecular weight excluding hydrogens is 370 g/mol. The minimum absolute atomic E-state index is 0.229. The van der Waals surface area contributed by atoms with Crippen LogP contribution in [0.25, 0.3) is 0 Å². The zero-order valence-corrected chi connectivity index (χ0v) is 20.4. The van der Waals surface area contributed by atoms with Gasteiger partial charge in [0.25, 0.3) is 8.32 Å². The van der Waals surface area contributed by atoms with Gasteiger partial charge in [0, 0.05) is 0 Å². The smallest absolute Gasteiger partial charge is 0.287 e. The molecule has 0 amide bonds. The van der Waals surface area contributed by atoms with E-state index in [0.717, 1.165) is 11.3 Å². The second-order valence-corrected chi connectivity index (χ2v) is 14.1. The summed E-state index contributed by atoms with van der Waals surface area (Å²) in [6.45, 7) is 17.8. The van der Waals surface area contributed by atoms with Crippen molar-refractivity contribution in [3.8, 4) is 11.8 Å². The molecule has 0 aliphatic carbocycles. The summed E-state index contributed by atoms with van der Waals surface area (Å²) in [6.07, 6.45) is 0. The van der Waals surface area contributed by atoms with Gasteiger partial charge in [-0.25, -0.2) is 0 Å². The Bertz CT molecular complexity index is 817. The van der Waals surface area contributed by atoms with Crippen molar-refractivity contribution in [1.82, 2.24) is 0 Å². The molecule has 2 rings (SSSR count). The van der Waals surface area contributed by atoms with E-state index < -0.39 is 13.7 Å². The van der Waals surface area contributed by atoms with Crippen LogP contribution in [0.15, 0.2) is 54.6 Å². The molecule has 0 fully saturated rings. The van der Waals surface area contributed by atoms with Crippen LogP contribution in [0.3, 0.4) is 0 Å². The quantitative estimate of drug-likeness (QED) is 0.450. The number of nitrogens with zero attached hydrogens (tertiary/aromatic N) is 1. The van der Waals surface area contributed by atoms with Gasteiger partial charge in [-0.1, -0.05) is 97.9 Å². The Morgan fingerprint density at radius 1 is 0.793 bits per heavy atom. The molecule has 2 nitrogen and oxygen atoms in total. The van der Waals surface area contributed by atoms with Gasteiger partial charge >= 0.3 is 0 Å². The molecule has 0 N–H and O–H groups in total. The SMILES string of the molecule is CC(C)C(C#N)(c1cccc([Si](Oc2ccccc2)(C(C)C)C(C)C)c1)C(C)C. The van der Waals surface area contributed by atoms with E-state index in [2.05, 4.69) is 97.9 Å². The highest BCUT2D eigenvalue weighted by molar-refractivity contribution is 6.89. The summed E-state index contributed by atoms with van der Waals surface area (Å²) in [5.41, 5.74) is 1.41. The normalized spacial score (nSPS) is 12.7. The summed E-state index contributed by atoms with van der Waals surface area (Å²) < 4.78 is 6.89. The number of benzene rings is 2. The Morgan fingerprint density at radius 3 is 1.79 bits per heavy atom. The first-order chi connectivity index (χ1) is 13.6. The average Bonchev–Trinajstić information content (AvgIpc) is 2.67. The molecule has 0 bridgehead atoms. The predicted octanol–water partition coefficient (Wildman–Crippen LogP) is 6.81. The zero-order valence-electron chi connectivity index (χ0n) is 19.4. The molecule has 156 valence electrons. The van der Waals surface area contributed by atoms with Crippen molar-refractivity contribution in [2.24, 2.45) is 11.8 Å². The molecule has 0 radical (unpaired) electrons. The highest BCUT2D eigenvalue weighted by Gasteiger charge is 2.47. The Kier molecular flexibility index (Phi) is 7.35. The van der Waals surface area contributed by atoms with E-state index in [4.69, 9.17) is 4.43 Å². The largest absolute Gasteiger partial charge is 0.538 e. The third-order valence-electron chi connectivity index (χ3n) is 6.54. The molecule has 2 aromatic carbocycles. The van der Waals surface area contributed by atoms with E-state index in [9.17, 15) is 5.26 Å². The molecule has 0 aliphatic rings. The maximum atomic E-state index is 10.2. The van der Waals surface area contributed by atoms with Crippen molar-refractivity contribution in [3.63, 3.8) is 0 Å². The van der Waals surface area contributed by atoms with Crippen molar-refractivity contribution in [2.75, 3.05) is 0 Å². The van der Waals surface area contributed by atoms with E-state index in [1.54, 1.807) is 0 Å². The van der Waals surface area contributed by atoms with Crippen LogP contribution >= 0.6 is 0 Å². The Hall–Kier alpha value is -2.05. The molecule has 29 heavy (non-hydrogen) atoms. The second-order valence-electron chi connectivity index (χ2n) is 9.39. The lowest BCUT2D eigenvalue weighted by atomic mass is 9.65. The van der Waals surface area contributed by atoms with Crippen LogP contribution in [0.5, 0.6) is 5.75 Å². The Labute approximate surface area is 179 Å². The first-order valence-electron chi connectivity index (χ1n) is 10.9. The summed E-state index contributed by atoms with van der Waals surface area (Å²) in [4.78, 5) is 0. The van der Waals surface area contributed by atoms with E-state index in [1.165, 1.54) is 5.19 Å². The van der Waals surface area contributed by atoms with Gasteiger partial charge in [-0.15, -0.1) is 0 Å². The number of para-hydroxylation sites is 1. The topological polar surface area (TPSA) is 33.0 Å². The highest BCUT2D eigenvalue weighted by atomic mass is 28.4. The molecule has 0 heterocycles. The molecule has 0 saturated carbocycles. The van der Waals surface area contributed by atoms with Crippen molar-refractivity contribution < 1.29 is 4.43 Å². The van der Waals surface area contributed by atoms with Crippen LogP contribution in [-0.2, 0) is 5.41 Å². The van der Waals surface area contributed by atoms with Crippen LogP contribution in [-0.4, -0.2) is 8.32 Å². The Balaban J connectivity index is 2.71. The molecule has 0 aromatic heterocycles. The monoisotopic (exact) mass is 407 g/mol. The van der Waals surface area contributed by atoms with Gasteiger partial charge in [-0.3, -0.25) is 0 Å². The summed E-state index contributed by atoms with van der Waals surface area (Å²) in [5, 5.41) is 11.5. The van der Waals surface area contributed by atoms with Gasteiger partial charge < -0.3 is 4.43 Å². The lowest BCUT2D eigenvalue weighted by Crippen LogP contribution is -2.59. The third kappa shape index (κ3) is 4.14. The standard InChI is InChI=1S/C26H37NOSi/c1-19(2)26(18-27,20(3)4)23-13-12-16-25(17-23)29(21(5)6,22(7)8)28-24-14-10-9-11-15-24/h9-17,19-22H,1-8H3. The molecule has 0 spiro atoms. The molecule has 3 heteroatoms. The summed E-state index contributed by atoms with van der Waals surface area (Å²) >= 11 is 0. The van der Waals surface area contributed by atoms with Gasteiger partial charge in [0.2, 0.25) is 0 Å². The van der Waals surface area contributed by atoms with Crippen LogP contribution in [0.2, 0.25) is 11.1 Å². The van der Waals surface area contributed by atoms with Gasteiger partial charge in [0.15, 0.2) is 0 Å². The van der Waals surface area contributed by atoms with Crippen LogP contribution in [0.4, 0.5) is 0 Å². The van der Waals surface area contributed by atoms with Gasteiger partial charge in [-0.2, -0.15) is 5.26 Å². The van der Waals surface area contributed by atoms with E-state index in [1.807, 2.05) is 18.2 Å². The third-order valence-corrected chi connectivity index (χ3v) is 11.8. The number of rotatable bonds is 8. The molecule has 0 aliphatic heterocycles. The van der Waals surface area contributed by atoms with Crippen LogP contribution in [0.1, 0.15) is 61.0 Å². The number of hydrogen-bond acceptors (Lipinski definition) is 2. The zero-order chi connectivity index (χ0) is 21.8. The van der Waals surface area contributed by atoms with E-state index in [-0.39, 0.29) is 11.8 Å². The Morgan fingerprint density at radius 2 is 1.34 bits per heavy atom. The minimum Gasteiger partial charge on any atom is -0.538 e. The molecular formula is C26H37NOSi. The number of nitriles is 1. The van der Waals surface area contributed by atoms with Gasteiger partial charge in [0.05, 0.1) is 11.5 Å². The average molecular weight is 408 g/mol. The lowest BCUT2D eigenvalue weighted by Gasteiger charge is -2.41. The fourth-order valence-corrected chi connectivity index (χ4v) is 9.51. The number of hydrogen-bond donors (Lipinski definition) is 0. The fraction of sp³-hybridized carbons (Fsp3) is 0.500. The van der Waals surface area contributed by atoms with Crippen molar-refractivity contribution in [1.29, 1.82) is 5.26 Å². The van der Waals surface area contributed by atoms with Crippen LogP contribution in [0, 0.1) is 23.2 Å². The predicted molar refractivity (Wildman–Crippen MR) is 126 cm³/mol. The summed E-state index contributed by atoms with van der Waals surface area (Å²) in [7, 11) is -2.37. The summed E-state index contributed by atoms with van der Waals surface area (Å²) in [5.74, 6) is 1.39. The van der Waals surface area contributed by atoms with Gasteiger partial charge in [-0.05, 0) is 45.8 Å². The van der Waals surface area contributed by atoms with Crippen molar-refractivity contribution in [2.45, 2.75) is 71.9 Å². The molecule has 0 atom stereocenters. The lowest BCUT2D eigenvalue weighted by molar-refractivity contribution is 0.295. The molecule has 0 unspecified atom stereocenters. The maximum absolute atomic E-state index is 10.2. The molecule has 0 saturated heterocycles. The van der Waals surface area contributed by atoms with E-state index >= 15 is 0 Å². The maximum Gasteiger partial charge on any atom is 0.287 e. The first-order valence-corrected chi connectivity index (χ1v) is 13.0. The fourth-order valence-electron chi connectivity index (χ4n) is 4.99. The van der Waals surface area contributed by atoms with Crippen molar-refractivity contribution in [3.05, 3.63) is 60.2 Å². The van der Waals surface area contributed by atoms with E-state index in [0.29, 0.717) is 11.1 Å². The second kappa shape index (κ2) is 9.18.